The van der Waals surface area contributed by atoms with Gasteiger partial charge in [-0.1, -0.05) is 60.7 Å². The van der Waals surface area contributed by atoms with Gasteiger partial charge in [-0.3, -0.25) is 4.79 Å². The van der Waals surface area contributed by atoms with Gasteiger partial charge in [0.05, 0.1) is 29.0 Å². The second-order valence-corrected chi connectivity index (χ2v) is 10.5. The number of carboxylic acids is 3. The fourth-order valence-electron chi connectivity index (χ4n) is 4.28. The van der Waals surface area contributed by atoms with Gasteiger partial charge in [0.25, 0.3) is 0 Å². The molecule has 5 rings (SSSR count). The van der Waals surface area contributed by atoms with Gasteiger partial charge in [0.15, 0.2) is 0 Å². The minimum atomic E-state index is -4.45. The summed E-state index contributed by atoms with van der Waals surface area (Å²) in [4.78, 5) is 42.9. The van der Waals surface area contributed by atoms with E-state index in [0.29, 0.717) is 0 Å². The summed E-state index contributed by atoms with van der Waals surface area (Å²) < 4.78 is 80.1. The first-order chi connectivity index (χ1) is 24.9. The summed E-state index contributed by atoms with van der Waals surface area (Å²) in [5.41, 5.74) is -1.35. The summed E-state index contributed by atoms with van der Waals surface area (Å²) in [7, 11) is 0. The van der Waals surface area contributed by atoms with Gasteiger partial charge in [-0.15, -0.1) is 0 Å². The monoisotopic (exact) mass is 766 g/mol. The number of rotatable bonds is 8. The Morgan fingerprint density at radius 3 is 1.22 bits per heavy atom. The van der Waals surface area contributed by atoms with Gasteiger partial charge >= 0.3 is 35.7 Å². The summed E-state index contributed by atoms with van der Waals surface area (Å²) in [5.74, 6) is -4.72. The Morgan fingerprint density at radius 2 is 0.870 bits per heavy atom. The molecule has 5 aromatic carbocycles. The fraction of sp³-hybridized carbons (Fsp3) is 0.0811. The Balaban J connectivity index is 0.000000285. The second kappa shape index (κ2) is 19.5. The van der Waals surface area contributed by atoms with Crippen molar-refractivity contribution < 1.29 is 65.6 Å². The first kappa shape index (κ1) is 43.9. The molecular formula is C37H25AlF6N2O8. The van der Waals surface area contributed by atoms with Gasteiger partial charge in [0.2, 0.25) is 0 Å². The van der Waals surface area contributed by atoms with Crippen LogP contribution in [0.25, 0.3) is 0 Å². The quantitative estimate of drug-likeness (QED) is 0.0924. The Labute approximate surface area is 313 Å². The van der Waals surface area contributed by atoms with Crippen molar-refractivity contribution in [3.8, 4) is 5.75 Å². The van der Waals surface area contributed by atoms with Gasteiger partial charge in [-0.25, -0.2) is 0 Å². The minimum Gasteiger partial charge on any atom is -0.545 e. The van der Waals surface area contributed by atoms with E-state index in [1.165, 1.54) is 85.8 Å². The van der Waals surface area contributed by atoms with Gasteiger partial charge in [0, 0.05) is 46.4 Å². The molecule has 0 bridgehead atoms. The maximum absolute atomic E-state index is 12.6. The molecule has 0 aliphatic rings. The van der Waals surface area contributed by atoms with Crippen LogP contribution in [0.1, 0.15) is 49.1 Å². The third-order valence-corrected chi connectivity index (χ3v) is 6.59. The predicted molar refractivity (Wildman–Crippen MR) is 179 cm³/mol. The molecule has 2 N–H and O–H groups in total. The van der Waals surface area contributed by atoms with Crippen LogP contribution in [-0.4, -0.2) is 41.2 Å². The molecule has 0 spiro atoms. The number of hydrogen-bond donors (Lipinski definition) is 2. The molecule has 0 radical (unpaired) electrons. The van der Waals surface area contributed by atoms with Crippen LogP contribution in [-0.2, 0) is 17.1 Å². The summed E-state index contributed by atoms with van der Waals surface area (Å²) >= 11 is 0. The number of halogens is 6. The van der Waals surface area contributed by atoms with Crippen molar-refractivity contribution in [1.82, 2.24) is 0 Å². The van der Waals surface area contributed by atoms with Crippen LogP contribution in [0.15, 0.2) is 121 Å². The number of carboxylic acid groups (broad SMARTS) is 3. The van der Waals surface area contributed by atoms with Gasteiger partial charge in [-0.2, -0.15) is 26.3 Å². The topological polar surface area (TPSA) is 171 Å². The molecule has 54 heavy (non-hydrogen) atoms. The molecule has 0 fully saturated rings. The molecule has 0 heterocycles. The van der Waals surface area contributed by atoms with E-state index in [-0.39, 0.29) is 62.6 Å². The second-order valence-electron chi connectivity index (χ2n) is 10.5. The molecule has 10 nitrogen and oxygen atoms in total. The number of para-hydroxylation sites is 3. The zero-order valence-electron chi connectivity index (χ0n) is 27.7. The number of esters is 1. The average molecular weight is 767 g/mol. The predicted octanol–water partition coefficient (Wildman–Crippen LogP) is 5.22. The van der Waals surface area contributed by atoms with Crippen molar-refractivity contribution in [2.24, 2.45) is 0 Å². The Morgan fingerprint density at radius 1 is 0.519 bits per heavy atom. The zero-order chi connectivity index (χ0) is 39.3. The smallest absolute Gasteiger partial charge is 0.545 e. The van der Waals surface area contributed by atoms with Gasteiger partial charge in [-0.05, 0) is 60.7 Å². The minimum absolute atomic E-state index is 0. The van der Waals surface area contributed by atoms with E-state index in [1.807, 2.05) is 0 Å². The van der Waals surface area contributed by atoms with Gasteiger partial charge in [0.1, 0.15) is 5.75 Å². The SMILES string of the molecule is CC(=O)Oc1ccccc1C(=O)[O-].O=C([O-])c1ccccc1Nc1cccc(C(F)(F)F)c1.O=C([O-])c1ccccc1Nc1cccc(C(F)(F)F)c1.[Al+3]. The third-order valence-electron chi connectivity index (χ3n) is 6.59. The van der Waals surface area contributed by atoms with Crippen molar-refractivity contribution in [3.63, 3.8) is 0 Å². The van der Waals surface area contributed by atoms with Crippen LogP contribution >= 0.6 is 0 Å². The molecule has 17 heteroatoms. The largest absolute Gasteiger partial charge is 3.00 e. The molecule has 5 aromatic rings. The molecule has 0 aliphatic heterocycles. The van der Waals surface area contributed by atoms with Crippen LogP contribution in [0, 0.1) is 0 Å². The molecule has 0 saturated heterocycles. The van der Waals surface area contributed by atoms with Crippen molar-refractivity contribution in [1.29, 1.82) is 0 Å². The van der Waals surface area contributed by atoms with Crippen molar-refractivity contribution in [2.75, 3.05) is 10.6 Å². The normalized spacial score (nSPS) is 10.5. The van der Waals surface area contributed by atoms with E-state index in [4.69, 9.17) is 0 Å². The van der Waals surface area contributed by atoms with Crippen LogP contribution < -0.4 is 30.7 Å². The Kier molecular flexibility index (Phi) is 15.8. The molecule has 0 saturated carbocycles. The molecule has 0 aromatic heterocycles. The summed E-state index contributed by atoms with van der Waals surface area (Å²) in [6.07, 6.45) is -8.91. The Hall–Kier alpha value is -6.31. The molecule has 276 valence electrons. The van der Waals surface area contributed by atoms with Gasteiger partial charge < -0.3 is 45.1 Å². The van der Waals surface area contributed by atoms with E-state index >= 15 is 0 Å². The van der Waals surface area contributed by atoms with E-state index in [9.17, 15) is 60.8 Å². The summed E-state index contributed by atoms with van der Waals surface area (Å²) in [5, 5.41) is 37.6. The third kappa shape index (κ3) is 13.3. The maximum atomic E-state index is 12.6. The number of aromatic carboxylic acids is 3. The number of carbonyl (C=O) groups excluding carboxylic acids is 4. The number of nitrogens with one attached hydrogen (secondary N) is 2. The fourth-order valence-corrected chi connectivity index (χ4v) is 4.28. The van der Waals surface area contributed by atoms with Crippen molar-refractivity contribution in [2.45, 2.75) is 19.3 Å². The molecule has 0 atom stereocenters. The molecule has 0 amide bonds. The van der Waals surface area contributed by atoms with E-state index < -0.39 is 47.4 Å². The number of benzene rings is 5. The van der Waals surface area contributed by atoms with E-state index in [2.05, 4.69) is 15.4 Å². The molecular weight excluding hydrogens is 741 g/mol. The first-order valence-corrected chi connectivity index (χ1v) is 14.8. The van der Waals surface area contributed by atoms with Crippen LogP contribution in [0.3, 0.4) is 0 Å². The summed E-state index contributed by atoms with van der Waals surface area (Å²) in [6.45, 7) is 1.20. The Bertz CT molecular complexity index is 1980. The number of alkyl halides is 6. The van der Waals surface area contributed by atoms with Crippen molar-refractivity contribution >= 4 is 64.0 Å². The van der Waals surface area contributed by atoms with Crippen LogP contribution in [0.2, 0.25) is 0 Å². The first-order valence-electron chi connectivity index (χ1n) is 14.8. The van der Waals surface area contributed by atoms with E-state index in [0.717, 1.165) is 24.3 Å². The zero-order valence-corrected chi connectivity index (χ0v) is 28.8. The number of ether oxygens (including phenoxy) is 1. The molecule has 0 aliphatic carbocycles. The van der Waals surface area contributed by atoms with Crippen LogP contribution in [0.5, 0.6) is 5.75 Å². The standard InChI is InChI=1S/2C14H10F3NO2.C9H8O4.Al/c2*15-14(16,17)9-4-3-5-10(8-9)18-12-7-2-1-6-11(12)13(19)20;1-6(10)13-8-5-3-2-4-7(8)9(11)12;/h2*1-8,18H,(H,19,20);2-5H,1H3,(H,11,12);/q;;;+3/p-3. The number of hydrogen-bond acceptors (Lipinski definition) is 10. The molecule has 0 unspecified atom stereocenters. The van der Waals surface area contributed by atoms with Crippen molar-refractivity contribution in [3.05, 3.63) is 149 Å². The number of carbonyl (C=O) groups is 4. The average Bonchev–Trinajstić information content (AvgIpc) is 3.08. The number of anilines is 4. The summed E-state index contributed by atoms with van der Waals surface area (Å²) in [6, 6.07) is 26.5. The maximum Gasteiger partial charge on any atom is 3.00 e. The van der Waals surface area contributed by atoms with E-state index in [1.54, 1.807) is 18.2 Å². The van der Waals surface area contributed by atoms with Crippen LogP contribution in [0.4, 0.5) is 49.1 Å².